The van der Waals surface area contributed by atoms with Crippen LogP contribution in [0.15, 0.2) is 18.2 Å². The van der Waals surface area contributed by atoms with Gasteiger partial charge in [-0.15, -0.1) is 0 Å². The lowest BCUT2D eigenvalue weighted by atomic mass is 10.1. The van der Waals surface area contributed by atoms with Crippen LogP contribution in [0.1, 0.15) is 24.5 Å². The van der Waals surface area contributed by atoms with E-state index in [0.29, 0.717) is 5.92 Å². The zero-order chi connectivity index (χ0) is 17.0. The predicted octanol–water partition coefficient (Wildman–Crippen LogP) is 1.56. The van der Waals surface area contributed by atoms with E-state index in [0.717, 1.165) is 23.2 Å². The molecule has 1 aromatic carbocycles. The molecule has 2 atom stereocenters. The van der Waals surface area contributed by atoms with Crippen molar-refractivity contribution in [1.82, 2.24) is 5.32 Å². The minimum atomic E-state index is -0.484. The Balaban J connectivity index is 1.70. The van der Waals surface area contributed by atoms with E-state index in [4.69, 9.17) is 4.74 Å². The summed E-state index contributed by atoms with van der Waals surface area (Å²) in [5, 5.41) is 5.18. The molecule has 2 amide bonds. The van der Waals surface area contributed by atoms with Crippen LogP contribution in [0.3, 0.4) is 0 Å². The van der Waals surface area contributed by atoms with Crippen LogP contribution in [-0.4, -0.2) is 30.9 Å². The van der Waals surface area contributed by atoms with Crippen LogP contribution < -0.4 is 10.6 Å². The van der Waals surface area contributed by atoms with Crippen LogP contribution >= 0.6 is 0 Å². The predicted molar refractivity (Wildman–Crippen MR) is 85.8 cm³/mol. The van der Waals surface area contributed by atoms with E-state index in [9.17, 15) is 14.4 Å². The summed E-state index contributed by atoms with van der Waals surface area (Å²) in [5.41, 5.74) is 2.78. The lowest BCUT2D eigenvalue weighted by Gasteiger charge is -2.11. The molecule has 0 aromatic heterocycles. The number of hydrogen-bond donors (Lipinski definition) is 2. The van der Waals surface area contributed by atoms with Gasteiger partial charge in [-0.1, -0.05) is 19.1 Å². The fourth-order valence-electron chi connectivity index (χ4n) is 2.21. The average Bonchev–Trinajstić information content (AvgIpc) is 3.24. The molecule has 0 unspecified atom stereocenters. The van der Waals surface area contributed by atoms with Crippen LogP contribution in [0.5, 0.6) is 0 Å². The molecule has 0 aliphatic heterocycles. The third kappa shape index (κ3) is 4.81. The molecule has 2 N–H and O–H groups in total. The van der Waals surface area contributed by atoms with Gasteiger partial charge in [0.25, 0.3) is 5.91 Å². The number of ether oxygens (including phenoxy) is 1. The summed E-state index contributed by atoms with van der Waals surface area (Å²) >= 11 is 0. The van der Waals surface area contributed by atoms with Gasteiger partial charge in [0.15, 0.2) is 6.61 Å². The zero-order valence-corrected chi connectivity index (χ0v) is 13.6. The molecule has 1 saturated carbocycles. The van der Waals surface area contributed by atoms with Gasteiger partial charge in [0.1, 0.15) is 0 Å². The van der Waals surface area contributed by atoms with Crippen molar-refractivity contribution >= 4 is 23.5 Å². The number of benzene rings is 1. The number of amides is 2. The average molecular weight is 318 g/mol. The van der Waals surface area contributed by atoms with E-state index in [2.05, 4.69) is 10.6 Å². The molecule has 0 spiro atoms. The molecule has 0 radical (unpaired) electrons. The zero-order valence-electron chi connectivity index (χ0n) is 13.6. The van der Waals surface area contributed by atoms with E-state index in [1.54, 1.807) is 6.07 Å². The molecule has 6 heteroatoms. The molecular formula is C17H22N2O4. The molecule has 124 valence electrons. The monoisotopic (exact) mass is 318 g/mol. The van der Waals surface area contributed by atoms with Crippen LogP contribution in [0.4, 0.5) is 5.69 Å². The van der Waals surface area contributed by atoms with E-state index in [1.807, 2.05) is 32.9 Å². The van der Waals surface area contributed by atoms with Crippen molar-refractivity contribution in [1.29, 1.82) is 0 Å². The number of anilines is 1. The summed E-state index contributed by atoms with van der Waals surface area (Å²) in [6.07, 6.45) is 0.818. The third-order valence-electron chi connectivity index (χ3n) is 4.08. The second-order valence-electron chi connectivity index (χ2n) is 6.00. The highest BCUT2D eigenvalue weighted by Gasteiger charge is 2.40. The maximum atomic E-state index is 11.8. The van der Waals surface area contributed by atoms with Gasteiger partial charge in [-0.3, -0.25) is 14.4 Å². The number of nitrogens with one attached hydrogen (secondary N) is 2. The molecule has 6 nitrogen and oxygen atoms in total. The molecule has 2 rings (SSSR count). The lowest BCUT2D eigenvalue weighted by Crippen LogP contribution is -2.35. The molecule has 23 heavy (non-hydrogen) atoms. The highest BCUT2D eigenvalue weighted by molar-refractivity contribution is 5.95. The lowest BCUT2D eigenvalue weighted by molar-refractivity contribution is -0.150. The number of carbonyl (C=O) groups excluding carboxylic acids is 3. The van der Waals surface area contributed by atoms with Gasteiger partial charge < -0.3 is 15.4 Å². The van der Waals surface area contributed by atoms with Crippen molar-refractivity contribution in [2.24, 2.45) is 11.8 Å². The largest absolute Gasteiger partial charge is 0.455 e. The van der Waals surface area contributed by atoms with Crippen molar-refractivity contribution < 1.29 is 19.1 Å². The highest BCUT2D eigenvalue weighted by Crippen LogP contribution is 2.38. The summed E-state index contributed by atoms with van der Waals surface area (Å²) in [6.45, 7) is 5.33. The van der Waals surface area contributed by atoms with E-state index in [-0.39, 0.29) is 30.9 Å². The van der Waals surface area contributed by atoms with Crippen molar-refractivity contribution in [2.75, 3.05) is 18.5 Å². The summed E-state index contributed by atoms with van der Waals surface area (Å²) < 4.78 is 4.90. The SMILES string of the molecule is Cc1cccc(NC(=O)CNC(=O)COC(=O)[C@@H]2C[C@H]2C)c1C. The molecule has 1 fully saturated rings. The number of esters is 1. The fraction of sp³-hybridized carbons (Fsp3) is 0.471. The van der Waals surface area contributed by atoms with Crippen LogP contribution in [0.2, 0.25) is 0 Å². The van der Waals surface area contributed by atoms with Crippen LogP contribution in [0, 0.1) is 25.7 Å². The molecule has 1 aliphatic rings. The minimum absolute atomic E-state index is 0.0737. The normalized spacial score (nSPS) is 18.9. The molecular weight excluding hydrogens is 296 g/mol. The number of carbonyl (C=O) groups is 3. The van der Waals surface area contributed by atoms with E-state index >= 15 is 0 Å². The maximum Gasteiger partial charge on any atom is 0.309 e. The Labute approximate surface area is 135 Å². The van der Waals surface area contributed by atoms with Crippen LogP contribution in [0.25, 0.3) is 0 Å². The van der Waals surface area contributed by atoms with Gasteiger partial charge in [0.05, 0.1) is 12.5 Å². The van der Waals surface area contributed by atoms with Gasteiger partial charge in [-0.25, -0.2) is 0 Å². The van der Waals surface area contributed by atoms with E-state index < -0.39 is 5.91 Å². The fourth-order valence-corrected chi connectivity index (χ4v) is 2.21. The summed E-state index contributed by atoms with van der Waals surface area (Å²) in [7, 11) is 0. The van der Waals surface area contributed by atoms with Crippen LogP contribution in [-0.2, 0) is 19.1 Å². The van der Waals surface area contributed by atoms with Crippen molar-refractivity contribution in [2.45, 2.75) is 27.2 Å². The summed E-state index contributed by atoms with van der Waals surface area (Å²) in [6, 6.07) is 5.62. The van der Waals surface area contributed by atoms with Crippen molar-refractivity contribution in [3.8, 4) is 0 Å². The summed E-state index contributed by atoms with van der Waals surface area (Å²) in [5.74, 6) is -0.881. The van der Waals surface area contributed by atoms with E-state index in [1.165, 1.54) is 0 Å². The molecule has 1 aliphatic carbocycles. The topological polar surface area (TPSA) is 84.5 Å². The standard InChI is InChI=1S/C17H22N2O4/c1-10-5-4-6-14(12(10)3)19-15(20)8-18-16(21)9-23-17(22)13-7-11(13)2/h4-6,11,13H,7-9H2,1-3H3,(H,18,21)(H,19,20)/t11-,13-/m1/s1. The Hall–Kier alpha value is -2.37. The van der Waals surface area contributed by atoms with Gasteiger partial charge in [0, 0.05) is 5.69 Å². The first-order valence-corrected chi connectivity index (χ1v) is 7.68. The second kappa shape index (κ2) is 7.26. The molecule has 0 bridgehead atoms. The Morgan fingerprint density at radius 2 is 1.91 bits per heavy atom. The minimum Gasteiger partial charge on any atom is -0.455 e. The van der Waals surface area contributed by atoms with Crippen molar-refractivity contribution in [3.63, 3.8) is 0 Å². The number of hydrogen-bond acceptors (Lipinski definition) is 4. The smallest absolute Gasteiger partial charge is 0.309 e. The Morgan fingerprint density at radius 3 is 2.57 bits per heavy atom. The van der Waals surface area contributed by atoms with Gasteiger partial charge in [-0.05, 0) is 43.4 Å². The summed E-state index contributed by atoms with van der Waals surface area (Å²) in [4.78, 5) is 34.9. The maximum absolute atomic E-state index is 11.8. The molecule has 0 saturated heterocycles. The van der Waals surface area contributed by atoms with Gasteiger partial charge in [0.2, 0.25) is 5.91 Å². The first-order chi connectivity index (χ1) is 10.9. The Bertz CT molecular complexity index is 627. The number of rotatable bonds is 6. The number of aryl methyl sites for hydroxylation is 1. The highest BCUT2D eigenvalue weighted by atomic mass is 16.5. The van der Waals surface area contributed by atoms with Crippen molar-refractivity contribution in [3.05, 3.63) is 29.3 Å². The Kier molecular flexibility index (Phi) is 5.36. The first-order valence-electron chi connectivity index (χ1n) is 7.68. The second-order valence-corrected chi connectivity index (χ2v) is 6.00. The quantitative estimate of drug-likeness (QED) is 0.780. The molecule has 1 aromatic rings. The van der Waals surface area contributed by atoms with Gasteiger partial charge >= 0.3 is 5.97 Å². The van der Waals surface area contributed by atoms with Gasteiger partial charge in [-0.2, -0.15) is 0 Å². The third-order valence-corrected chi connectivity index (χ3v) is 4.08. The first kappa shape index (κ1) is 17.0. The molecule has 0 heterocycles. The Morgan fingerprint density at radius 1 is 1.22 bits per heavy atom.